The maximum Gasteiger partial charge on any atom is 0.252 e. The van der Waals surface area contributed by atoms with Crippen molar-refractivity contribution in [3.05, 3.63) is 29.0 Å². The van der Waals surface area contributed by atoms with Crippen LogP contribution in [0.25, 0.3) is 0 Å². The van der Waals surface area contributed by atoms with Crippen LogP contribution in [0.5, 0.6) is 0 Å². The van der Waals surface area contributed by atoms with Crippen molar-refractivity contribution in [1.82, 2.24) is 10.3 Å². The molecular formula is C10H11ClN2O. The molecular weight excluding hydrogens is 200 g/mol. The van der Waals surface area contributed by atoms with E-state index in [4.69, 9.17) is 11.6 Å². The third kappa shape index (κ3) is 2.23. The van der Waals surface area contributed by atoms with Crippen LogP contribution in [0.2, 0.25) is 5.02 Å². The molecule has 0 radical (unpaired) electrons. The smallest absolute Gasteiger partial charge is 0.252 e. The lowest BCUT2D eigenvalue weighted by molar-refractivity contribution is 0.0952. The molecule has 1 fully saturated rings. The van der Waals surface area contributed by atoms with Crippen LogP contribution >= 0.6 is 11.6 Å². The third-order valence-corrected chi connectivity index (χ3v) is 2.57. The molecule has 0 bridgehead atoms. The fourth-order valence-corrected chi connectivity index (χ4v) is 1.42. The van der Waals surface area contributed by atoms with Crippen LogP contribution in [-0.4, -0.2) is 17.4 Å². The van der Waals surface area contributed by atoms with E-state index >= 15 is 0 Å². The number of hydrogen-bond donors (Lipinski definition) is 1. The van der Waals surface area contributed by atoms with Gasteiger partial charge in [0.2, 0.25) is 0 Å². The van der Waals surface area contributed by atoms with E-state index in [1.807, 2.05) is 0 Å². The highest BCUT2D eigenvalue weighted by atomic mass is 35.5. The number of halogens is 1. The largest absolute Gasteiger partial charge is 0.352 e. The second-order valence-corrected chi connectivity index (χ2v) is 3.92. The summed E-state index contributed by atoms with van der Waals surface area (Å²) in [6.45, 7) is 0.761. The predicted octanol–water partition coefficient (Wildman–Crippen LogP) is 1.87. The summed E-state index contributed by atoms with van der Waals surface area (Å²) in [5, 5.41) is 3.25. The Morgan fingerprint density at radius 1 is 1.64 bits per heavy atom. The fraction of sp³-hybridized carbons (Fsp3) is 0.400. The van der Waals surface area contributed by atoms with E-state index in [-0.39, 0.29) is 5.91 Å². The van der Waals surface area contributed by atoms with Gasteiger partial charge in [0.1, 0.15) is 0 Å². The van der Waals surface area contributed by atoms with Crippen molar-refractivity contribution in [2.45, 2.75) is 12.8 Å². The first-order valence-electron chi connectivity index (χ1n) is 4.65. The Balaban J connectivity index is 1.98. The van der Waals surface area contributed by atoms with Gasteiger partial charge in [0.15, 0.2) is 0 Å². The lowest BCUT2D eigenvalue weighted by Crippen LogP contribution is -2.25. The average Bonchev–Trinajstić information content (AvgIpc) is 2.98. The topological polar surface area (TPSA) is 42.0 Å². The first-order chi connectivity index (χ1) is 6.77. The zero-order valence-electron chi connectivity index (χ0n) is 7.66. The Morgan fingerprint density at radius 3 is 3.07 bits per heavy atom. The Morgan fingerprint density at radius 2 is 2.43 bits per heavy atom. The summed E-state index contributed by atoms with van der Waals surface area (Å²) in [4.78, 5) is 15.4. The molecule has 3 nitrogen and oxygen atoms in total. The highest BCUT2D eigenvalue weighted by Gasteiger charge is 2.22. The van der Waals surface area contributed by atoms with E-state index in [0.29, 0.717) is 16.5 Å². The number of nitrogens with one attached hydrogen (secondary N) is 1. The van der Waals surface area contributed by atoms with Crippen molar-refractivity contribution in [2.24, 2.45) is 5.92 Å². The Labute approximate surface area is 87.5 Å². The summed E-state index contributed by atoms with van der Waals surface area (Å²) in [6.07, 6.45) is 5.50. The van der Waals surface area contributed by atoms with Crippen LogP contribution < -0.4 is 5.32 Å². The number of amides is 1. The van der Waals surface area contributed by atoms with Crippen molar-refractivity contribution < 1.29 is 4.79 Å². The number of nitrogens with zero attached hydrogens (tertiary/aromatic N) is 1. The molecule has 0 aliphatic heterocycles. The van der Waals surface area contributed by atoms with E-state index in [9.17, 15) is 4.79 Å². The van der Waals surface area contributed by atoms with Crippen molar-refractivity contribution in [3.63, 3.8) is 0 Å². The van der Waals surface area contributed by atoms with Crippen LogP contribution in [0.1, 0.15) is 23.2 Å². The summed E-state index contributed by atoms with van der Waals surface area (Å²) in [5.41, 5.74) is 0.502. The Hall–Kier alpha value is -1.09. The molecule has 1 amide bonds. The molecule has 0 atom stereocenters. The van der Waals surface area contributed by atoms with E-state index in [1.165, 1.54) is 19.0 Å². The number of hydrogen-bond acceptors (Lipinski definition) is 2. The second kappa shape index (κ2) is 3.96. The van der Waals surface area contributed by atoms with Gasteiger partial charge in [-0.1, -0.05) is 11.6 Å². The lowest BCUT2D eigenvalue weighted by Gasteiger charge is -2.04. The second-order valence-electron chi connectivity index (χ2n) is 3.51. The van der Waals surface area contributed by atoms with Gasteiger partial charge in [-0.3, -0.25) is 9.78 Å². The zero-order chi connectivity index (χ0) is 9.97. The molecule has 1 N–H and O–H groups in total. The van der Waals surface area contributed by atoms with Crippen LogP contribution in [0.4, 0.5) is 0 Å². The normalized spacial score (nSPS) is 15.2. The van der Waals surface area contributed by atoms with Crippen LogP contribution in [-0.2, 0) is 0 Å². The maximum absolute atomic E-state index is 11.6. The summed E-state index contributed by atoms with van der Waals surface area (Å²) < 4.78 is 0. The number of pyridine rings is 1. The summed E-state index contributed by atoms with van der Waals surface area (Å²) in [7, 11) is 0. The summed E-state index contributed by atoms with van der Waals surface area (Å²) >= 11 is 5.83. The zero-order valence-corrected chi connectivity index (χ0v) is 8.42. The first kappa shape index (κ1) is 9.46. The molecule has 1 aliphatic carbocycles. The van der Waals surface area contributed by atoms with E-state index in [0.717, 1.165) is 6.54 Å². The van der Waals surface area contributed by atoms with Gasteiger partial charge in [-0.05, 0) is 24.8 Å². The number of carbonyl (C=O) groups excluding carboxylic acids is 1. The molecule has 1 saturated carbocycles. The van der Waals surface area contributed by atoms with Gasteiger partial charge in [-0.15, -0.1) is 0 Å². The summed E-state index contributed by atoms with van der Waals surface area (Å²) in [6, 6.07) is 1.63. The first-order valence-corrected chi connectivity index (χ1v) is 5.03. The van der Waals surface area contributed by atoms with Gasteiger partial charge in [0.25, 0.3) is 5.91 Å². The minimum Gasteiger partial charge on any atom is -0.352 e. The van der Waals surface area contributed by atoms with Gasteiger partial charge < -0.3 is 5.32 Å². The minimum atomic E-state index is -0.107. The Bertz CT molecular complexity index is 350. The van der Waals surface area contributed by atoms with Crippen LogP contribution in [0, 0.1) is 5.92 Å². The van der Waals surface area contributed by atoms with E-state index in [2.05, 4.69) is 10.3 Å². The molecule has 0 saturated heterocycles. The molecule has 1 heterocycles. The minimum absolute atomic E-state index is 0.107. The van der Waals surface area contributed by atoms with Gasteiger partial charge in [-0.2, -0.15) is 0 Å². The number of aromatic nitrogens is 1. The summed E-state index contributed by atoms with van der Waals surface area (Å²) in [5.74, 6) is 0.573. The van der Waals surface area contributed by atoms with E-state index in [1.54, 1.807) is 12.3 Å². The van der Waals surface area contributed by atoms with Crippen molar-refractivity contribution in [3.8, 4) is 0 Å². The van der Waals surface area contributed by atoms with Gasteiger partial charge >= 0.3 is 0 Å². The maximum atomic E-state index is 11.6. The van der Waals surface area contributed by atoms with Crippen LogP contribution in [0.3, 0.4) is 0 Å². The monoisotopic (exact) mass is 210 g/mol. The fourth-order valence-electron chi connectivity index (χ4n) is 1.21. The van der Waals surface area contributed by atoms with Crippen LogP contribution in [0.15, 0.2) is 18.5 Å². The molecule has 1 aromatic rings. The average molecular weight is 211 g/mol. The lowest BCUT2D eigenvalue weighted by atomic mass is 10.2. The van der Waals surface area contributed by atoms with E-state index < -0.39 is 0 Å². The molecule has 1 aromatic heterocycles. The molecule has 4 heteroatoms. The highest BCUT2D eigenvalue weighted by Crippen LogP contribution is 2.27. The molecule has 0 spiro atoms. The molecule has 0 unspecified atom stereocenters. The molecule has 14 heavy (non-hydrogen) atoms. The number of carbonyl (C=O) groups is 1. The SMILES string of the molecule is O=C(NCC1CC1)c1ccncc1Cl. The number of rotatable bonds is 3. The molecule has 0 aromatic carbocycles. The Kier molecular flexibility index (Phi) is 2.68. The third-order valence-electron chi connectivity index (χ3n) is 2.27. The van der Waals surface area contributed by atoms with Gasteiger partial charge in [-0.25, -0.2) is 0 Å². The van der Waals surface area contributed by atoms with Gasteiger partial charge in [0, 0.05) is 18.9 Å². The van der Waals surface area contributed by atoms with Crippen molar-refractivity contribution in [1.29, 1.82) is 0 Å². The quantitative estimate of drug-likeness (QED) is 0.828. The van der Waals surface area contributed by atoms with Gasteiger partial charge in [0.05, 0.1) is 10.6 Å². The standard InChI is InChI=1S/C10H11ClN2O/c11-9-6-12-4-3-8(9)10(14)13-5-7-1-2-7/h3-4,6-7H,1-2,5H2,(H,13,14). The predicted molar refractivity (Wildman–Crippen MR) is 54.3 cm³/mol. The molecule has 74 valence electrons. The molecule has 2 rings (SSSR count). The van der Waals surface area contributed by atoms with Crippen molar-refractivity contribution >= 4 is 17.5 Å². The molecule has 1 aliphatic rings. The highest BCUT2D eigenvalue weighted by molar-refractivity contribution is 6.33. The van der Waals surface area contributed by atoms with Crippen molar-refractivity contribution in [2.75, 3.05) is 6.54 Å².